The van der Waals surface area contributed by atoms with Crippen LogP contribution in [0.15, 0.2) is 23.8 Å². The Morgan fingerprint density at radius 2 is 2.00 bits per heavy atom. The first-order chi connectivity index (χ1) is 9.16. The van der Waals surface area contributed by atoms with E-state index in [1.54, 1.807) is 0 Å². The number of nitrogens with one attached hydrogen (secondary N) is 1. The van der Waals surface area contributed by atoms with Crippen LogP contribution >= 0.6 is 0 Å². The van der Waals surface area contributed by atoms with Gasteiger partial charge in [-0.2, -0.15) is 0 Å². The van der Waals surface area contributed by atoms with Crippen molar-refractivity contribution in [3.8, 4) is 5.75 Å². The molecule has 2 N–H and O–H groups in total. The van der Waals surface area contributed by atoms with Crippen molar-refractivity contribution < 1.29 is 18.6 Å². The summed E-state index contributed by atoms with van der Waals surface area (Å²) in [5.41, 5.74) is 1.83. The molecule has 0 bridgehead atoms. The number of halogens is 2. The molecule has 1 aliphatic heterocycles. The van der Waals surface area contributed by atoms with Crippen molar-refractivity contribution in [2.45, 2.75) is 19.4 Å². The summed E-state index contributed by atoms with van der Waals surface area (Å²) in [4.78, 5) is 0. The van der Waals surface area contributed by atoms with Gasteiger partial charge in [-0.05, 0) is 37.1 Å². The lowest BCUT2D eigenvalue weighted by Crippen LogP contribution is -2.17. The predicted molar refractivity (Wildman–Crippen MR) is 67.9 cm³/mol. The van der Waals surface area contributed by atoms with Crippen LogP contribution in [-0.4, -0.2) is 24.9 Å². The highest BCUT2D eigenvalue weighted by molar-refractivity contribution is 5.29. The summed E-state index contributed by atoms with van der Waals surface area (Å²) >= 11 is 0. The van der Waals surface area contributed by atoms with Crippen molar-refractivity contribution in [1.29, 1.82) is 0 Å². The maximum Gasteiger partial charge on any atom is 0.187 e. The number of benzene rings is 1. The van der Waals surface area contributed by atoms with Gasteiger partial charge in [-0.25, -0.2) is 8.78 Å². The SMILES string of the molecule is Oc1c(F)cc(CNCCC2=CCOCC2)cc1F. The number of phenols is 1. The minimum absolute atomic E-state index is 0.373. The highest BCUT2D eigenvalue weighted by atomic mass is 19.1. The monoisotopic (exact) mass is 269 g/mol. The summed E-state index contributed by atoms with van der Waals surface area (Å²) in [6.07, 6.45) is 3.93. The Kier molecular flexibility index (Phi) is 4.87. The van der Waals surface area contributed by atoms with Crippen molar-refractivity contribution >= 4 is 0 Å². The molecule has 0 unspecified atom stereocenters. The van der Waals surface area contributed by atoms with E-state index in [2.05, 4.69) is 11.4 Å². The molecule has 1 aliphatic rings. The van der Waals surface area contributed by atoms with E-state index in [1.807, 2.05) is 0 Å². The van der Waals surface area contributed by atoms with Gasteiger partial charge in [0.1, 0.15) is 0 Å². The Morgan fingerprint density at radius 1 is 1.26 bits per heavy atom. The zero-order valence-electron chi connectivity index (χ0n) is 10.6. The highest BCUT2D eigenvalue weighted by Crippen LogP contribution is 2.21. The molecule has 3 nitrogen and oxygen atoms in total. The molecule has 0 atom stereocenters. The van der Waals surface area contributed by atoms with Crippen LogP contribution in [0.2, 0.25) is 0 Å². The highest BCUT2D eigenvalue weighted by Gasteiger charge is 2.09. The smallest absolute Gasteiger partial charge is 0.187 e. The van der Waals surface area contributed by atoms with Gasteiger partial charge in [0, 0.05) is 6.54 Å². The number of hydrogen-bond donors (Lipinski definition) is 2. The van der Waals surface area contributed by atoms with Crippen LogP contribution in [0.4, 0.5) is 8.78 Å². The Morgan fingerprint density at radius 3 is 2.63 bits per heavy atom. The molecule has 0 amide bonds. The Balaban J connectivity index is 1.78. The first-order valence-electron chi connectivity index (χ1n) is 6.30. The van der Waals surface area contributed by atoms with Gasteiger partial charge in [0.25, 0.3) is 0 Å². The first-order valence-corrected chi connectivity index (χ1v) is 6.30. The standard InChI is InChI=1S/C14H17F2NO2/c15-12-7-11(8-13(16)14(12)18)9-17-4-1-10-2-5-19-6-3-10/h2,7-8,17-18H,1,3-6,9H2. The Hall–Kier alpha value is -1.46. The summed E-state index contributed by atoms with van der Waals surface area (Å²) in [5.74, 6) is -2.77. The number of aromatic hydroxyl groups is 1. The second-order valence-corrected chi connectivity index (χ2v) is 4.52. The molecule has 19 heavy (non-hydrogen) atoms. The van der Waals surface area contributed by atoms with Crippen molar-refractivity contribution in [3.05, 3.63) is 41.0 Å². The second kappa shape index (κ2) is 6.63. The normalized spacial score (nSPS) is 15.4. The molecule has 0 radical (unpaired) electrons. The molecule has 1 aromatic rings. The number of phenolic OH excluding ortho intramolecular Hbond substituents is 1. The molecule has 0 spiro atoms. The molecule has 1 heterocycles. The van der Waals surface area contributed by atoms with Crippen molar-refractivity contribution in [3.63, 3.8) is 0 Å². The minimum atomic E-state index is -0.927. The lowest BCUT2D eigenvalue weighted by Gasteiger charge is -2.13. The van der Waals surface area contributed by atoms with Gasteiger partial charge in [-0.3, -0.25) is 0 Å². The first kappa shape index (κ1) is 14.0. The van der Waals surface area contributed by atoms with E-state index >= 15 is 0 Å². The number of ether oxygens (including phenoxy) is 1. The lowest BCUT2D eigenvalue weighted by molar-refractivity contribution is 0.153. The molecule has 1 aromatic carbocycles. The van der Waals surface area contributed by atoms with E-state index in [-0.39, 0.29) is 0 Å². The van der Waals surface area contributed by atoms with E-state index in [0.717, 1.165) is 38.1 Å². The summed E-state index contributed by atoms with van der Waals surface area (Å²) in [5, 5.41) is 12.1. The average molecular weight is 269 g/mol. The van der Waals surface area contributed by atoms with Crippen LogP contribution < -0.4 is 5.32 Å². The minimum Gasteiger partial charge on any atom is -0.503 e. The van der Waals surface area contributed by atoms with Gasteiger partial charge in [0.05, 0.1) is 13.2 Å². The Labute approximate surface area is 110 Å². The van der Waals surface area contributed by atoms with Crippen molar-refractivity contribution in [1.82, 2.24) is 5.32 Å². The average Bonchev–Trinajstić information content (AvgIpc) is 2.42. The van der Waals surface area contributed by atoms with Gasteiger partial charge >= 0.3 is 0 Å². The lowest BCUT2D eigenvalue weighted by atomic mass is 10.1. The van der Waals surface area contributed by atoms with Crippen LogP contribution in [0.5, 0.6) is 5.75 Å². The molecular weight excluding hydrogens is 252 g/mol. The topological polar surface area (TPSA) is 41.5 Å². The van der Waals surface area contributed by atoms with Gasteiger partial charge < -0.3 is 15.2 Å². The van der Waals surface area contributed by atoms with Crippen LogP contribution in [0.3, 0.4) is 0 Å². The number of hydrogen-bond acceptors (Lipinski definition) is 3. The molecule has 104 valence electrons. The fourth-order valence-corrected chi connectivity index (χ4v) is 1.99. The van der Waals surface area contributed by atoms with E-state index < -0.39 is 17.4 Å². The number of rotatable bonds is 5. The summed E-state index contributed by atoms with van der Waals surface area (Å²) in [6.45, 7) is 2.55. The fourth-order valence-electron chi connectivity index (χ4n) is 1.99. The van der Waals surface area contributed by atoms with Crippen molar-refractivity contribution in [2.24, 2.45) is 0 Å². The maximum atomic E-state index is 13.1. The Bertz CT molecular complexity index is 452. The zero-order valence-corrected chi connectivity index (χ0v) is 10.6. The third kappa shape index (κ3) is 4.01. The molecule has 0 fully saturated rings. The molecule has 0 aliphatic carbocycles. The van der Waals surface area contributed by atoms with E-state index in [1.165, 1.54) is 5.57 Å². The van der Waals surface area contributed by atoms with E-state index in [9.17, 15) is 8.78 Å². The summed E-state index contributed by atoms with van der Waals surface area (Å²) < 4.78 is 31.4. The summed E-state index contributed by atoms with van der Waals surface area (Å²) in [6, 6.07) is 2.28. The van der Waals surface area contributed by atoms with Crippen LogP contribution in [0, 0.1) is 11.6 Å². The van der Waals surface area contributed by atoms with Gasteiger partial charge in [0.15, 0.2) is 17.4 Å². The second-order valence-electron chi connectivity index (χ2n) is 4.52. The zero-order chi connectivity index (χ0) is 13.7. The van der Waals surface area contributed by atoms with Crippen LogP contribution in [0.25, 0.3) is 0 Å². The quantitative estimate of drug-likeness (QED) is 0.637. The molecule has 2 rings (SSSR count). The molecule has 5 heteroatoms. The largest absolute Gasteiger partial charge is 0.503 e. The molecular formula is C14H17F2NO2. The van der Waals surface area contributed by atoms with Gasteiger partial charge in [0.2, 0.25) is 0 Å². The van der Waals surface area contributed by atoms with Gasteiger partial charge in [-0.15, -0.1) is 0 Å². The third-order valence-electron chi connectivity index (χ3n) is 3.09. The summed E-state index contributed by atoms with van der Waals surface area (Å²) in [7, 11) is 0. The van der Waals surface area contributed by atoms with E-state index in [4.69, 9.17) is 9.84 Å². The van der Waals surface area contributed by atoms with Gasteiger partial charge in [-0.1, -0.05) is 11.6 Å². The molecule has 0 saturated heterocycles. The predicted octanol–water partition coefficient (Wildman–Crippen LogP) is 2.50. The van der Waals surface area contributed by atoms with Crippen molar-refractivity contribution in [2.75, 3.05) is 19.8 Å². The molecule has 0 saturated carbocycles. The van der Waals surface area contributed by atoms with Crippen LogP contribution in [-0.2, 0) is 11.3 Å². The third-order valence-corrected chi connectivity index (χ3v) is 3.09. The van der Waals surface area contributed by atoms with E-state index in [0.29, 0.717) is 18.7 Å². The van der Waals surface area contributed by atoms with Crippen LogP contribution in [0.1, 0.15) is 18.4 Å². The fraction of sp³-hybridized carbons (Fsp3) is 0.429. The molecule has 0 aromatic heterocycles. The maximum absolute atomic E-state index is 13.1.